The predicted molar refractivity (Wildman–Crippen MR) is 36.0 cm³/mol. The molecular weight excluding hydrogens is 110 g/mol. The van der Waals surface area contributed by atoms with E-state index in [1.54, 1.807) is 0 Å². The largest absolute Gasteiger partial charge is 0.313 e. The standard InChI is InChI=1S/C8H5N/c1-2-4-8-7(3-1)5-6-9-8/h1-4,9H. The smallest absolute Gasteiger partial charge is 0.0616 e. The molecule has 0 bridgehead atoms. The highest BCUT2D eigenvalue weighted by Crippen LogP contribution is 2.05. The van der Waals surface area contributed by atoms with E-state index >= 15 is 0 Å². The predicted octanol–water partition coefficient (Wildman–Crippen LogP) is 1.77. The van der Waals surface area contributed by atoms with Gasteiger partial charge in [0.25, 0.3) is 0 Å². The summed E-state index contributed by atoms with van der Waals surface area (Å²) < 4.78 is 0. The molecule has 1 nitrogen and oxygen atoms in total. The lowest BCUT2D eigenvalue weighted by Crippen LogP contribution is -1.62. The third kappa shape index (κ3) is 0.569. The molecule has 0 aliphatic carbocycles. The minimum Gasteiger partial charge on any atom is -0.313 e. The third-order valence-electron chi connectivity index (χ3n) is 1.32. The number of para-hydroxylation sites is 1. The second kappa shape index (κ2) is 1.53. The first kappa shape index (κ1) is 4.46. The van der Waals surface area contributed by atoms with E-state index in [9.17, 15) is 0 Å². The fourth-order valence-electron chi connectivity index (χ4n) is 0.867. The number of nitrogens with one attached hydrogen (secondary N) is 1. The lowest BCUT2D eigenvalue weighted by atomic mass is 10.3. The van der Waals surface area contributed by atoms with Gasteiger partial charge in [-0.2, -0.15) is 0 Å². The van der Waals surface area contributed by atoms with Crippen molar-refractivity contribution in [1.82, 2.24) is 4.98 Å². The van der Waals surface area contributed by atoms with Crippen molar-refractivity contribution in [3.05, 3.63) is 36.5 Å². The van der Waals surface area contributed by atoms with Crippen LogP contribution in [0.2, 0.25) is 0 Å². The van der Waals surface area contributed by atoms with Gasteiger partial charge in [-0.3, -0.25) is 0 Å². The molecule has 9 heavy (non-hydrogen) atoms. The summed E-state index contributed by atoms with van der Waals surface area (Å²) >= 11 is 0. The van der Waals surface area contributed by atoms with E-state index in [-0.39, 0.29) is 0 Å². The van der Waals surface area contributed by atoms with E-state index in [2.05, 4.69) is 17.2 Å². The Labute approximate surface area is 53.3 Å². The van der Waals surface area contributed by atoms with Gasteiger partial charge >= 0.3 is 0 Å². The van der Waals surface area contributed by atoms with Gasteiger partial charge in [-0.15, -0.1) is 0 Å². The second-order valence-corrected chi connectivity index (χ2v) is 1.92. The van der Waals surface area contributed by atoms with Crippen LogP contribution in [0.4, 0.5) is 0 Å². The van der Waals surface area contributed by atoms with Crippen LogP contribution < -0.4 is 0 Å². The molecule has 42 valence electrons. The van der Waals surface area contributed by atoms with Gasteiger partial charge in [-0.1, -0.05) is 12.1 Å². The summed E-state index contributed by atoms with van der Waals surface area (Å²) in [6, 6.07) is 10.9. The van der Waals surface area contributed by atoms with Crippen LogP contribution in [0.1, 0.15) is 0 Å². The second-order valence-electron chi connectivity index (χ2n) is 1.92. The zero-order chi connectivity index (χ0) is 6.10. The van der Waals surface area contributed by atoms with Gasteiger partial charge in [0.05, 0.1) is 10.9 Å². The van der Waals surface area contributed by atoms with Crippen LogP contribution in [0, 0.1) is 12.3 Å². The highest BCUT2D eigenvalue weighted by atomic mass is 14.6. The van der Waals surface area contributed by atoms with Crippen LogP contribution in [-0.4, -0.2) is 4.98 Å². The zero-order valence-corrected chi connectivity index (χ0v) is 4.81. The zero-order valence-electron chi connectivity index (χ0n) is 4.81. The summed E-state index contributed by atoms with van der Waals surface area (Å²) in [4.78, 5) is 2.94. The lowest BCUT2D eigenvalue weighted by Gasteiger charge is -1.81. The molecule has 0 aliphatic rings. The van der Waals surface area contributed by atoms with Gasteiger partial charge in [-0.05, 0) is 18.2 Å². The molecule has 0 radical (unpaired) electrons. The summed E-state index contributed by atoms with van der Waals surface area (Å²) in [7, 11) is 0. The monoisotopic (exact) mass is 115 g/mol. The van der Waals surface area contributed by atoms with Gasteiger partial charge in [0.15, 0.2) is 0 Å². The topological polar surface area (TPSA) is 15.8 Å². The molecule has 0 unspecified atom stereocenters. The Bertz CT molecular complexity index is 279. The van der Waals surface area contributed by atoms with E-state index in [0.717, 1.165) is 10.9 Å². The van der Waals surface area contributed by atoms with Crippen molar-refractivity contribution in [2.75, 3.05) is 0 Å². The molecule has 0 spiro atoms. The first-order valence-electron chi connectivity index (χ1n) is 2.83. The van der Waals surface area contributed by atoms with Crippen molar-refractivity contribution >= 4 is 10.9 Å². The number of aromatic nitrogens is 1. The van der Waals surface area contributed by atoms with Gasteiger partial charge in [-0.25, -0.2) is 0 Å². The number of hydrogen-bond acceptors (Lipinski definition) is 0. The molecule has 0 saturated heterocycles. The summed E-state index contributed by atoms with van der Waals surface area (Å²) in [6.45, 7) is 0. The maximum absolute atomic E-state index is 2.94. The molecule has 1 aromatic heterocycles. The van der Waals surface area contributed by atoms with Crippen molar-refractivity contribution in [1.29, 1.82) is 0 Å². The quantitative estimate of drug-likeness (QED) is 0.538. The van der Waals surface area contributed by atoms with E-state index in [4.69, 9.17) is 0 Å². The Balaban J connectivity index is 2.95. The number of hydrogen-bond donors (Lipinski definition) is 1. The van der Waals surface area contributed by atoms with Crippen LogP contribution in [0.5, 0.6) is 0 Å². The van der Waals surface area contributed by atoms with Gasteiger partial charge in [0.2, 0.25) is 0 Å². The third-order valence-corrected chi connectivity index (χ3v) is 1.32. The molecule has 0 fully saturated rings. The number of aromatic amines is 1. The number of benzene rings is 1. The average Bonchev–Trinajstić information content (AvgIpc) is 2.33. The van der Waals surface area contributed by atoms with E-state index in [1.807, 2.05) is 24.3 Å². The minimum atomic E-state index is 1.09. The molecule has 2 rings (SSSR count). The Morgan fingerprint density at radius 3 is 3.00 bits per heavy atom. The van der Waals surface area contributed by atoms with Gasteiger partial charge in [0.1, 0.15) is 0 Å². The molecular formula is C8H5N. The summed E-state index contributed by atoms with van der Waals surface area (Å²) in [5.74, 6) is 0. The average molecular weight is 115 g/mol. The SMILES string of the molecule is c1[nH]c2ccccc2c#1. The molecule has 1 heterocycles. The lowest BCUT2D eigenvalue weighted by molar-refractivity contribution is 1.48. The fourth-order valence-corrected chi connectivity index (χ4v) is 0.867. The summed E-state index contributed by atoms with van der Waals surface area (Å²) in [6.07, 6.45) is 2.79. The Morgan fingerprint density at radius 2 is 2.11 bits per heavy atom. The summed E-state index contributed by atoms with van der Waals surface area (Å²) in [5.41, 5.74) is 1.09. The number of fused-ring (bicyclic) bond motifs is 1. The Morgan fingerprint density at radius 1 is 1.22 bits per heavy atom. The highest BCUT2D eigenvalue weighted by molar-refractivity contribution is 5.76. The van der Waals surface area contributed by atoms with Crippen molar-refractivity contribution < 1.29 is 0 Å². The number of rotatable bonds is 0. The van der Waals surface area contributed by atoms with Crippen molar-refractivity contribution in [2.24, 2.45) is 0 Å². The molecule has 1 heteroatoms. The van der Waals surface area contributed by atoms with Crippen LogP contribution >= 0.6 is 0 Å². The van der Waals surface area contributed by atoms with Crippen LogP contribution in [0.3, 0.4) is 0 Å². The fraction of sp³-hybridized carbons (Fsp3) is 0. The van der Waals surface area contributed by atoms with Crippen LogP contribution in [0.15, 0.2) is 24.3 Å². The van der Waals surface area contributed by atoms with Crippen LogP contribution in [0.25, 0.3) is 10.9 Å². The molecule has 0 aliphatic heterocycles. The van der Waals surface area contributed by atoms with E-state index < -0.39 is 0 Å². The molecule has 2 aromatic rings. The normalized spacial score (nSPS) is 9.33. The van der Waals surface area contributed by atoms with Crippen molar-refractivity contribution in [3.63, 3.8) is 0 Å². The van der Waals surface area contributed by atoms with Gasteiger partial charge < -0.3 is 4.98 Å². The van der Waals surface area contributed by atoms with Gasteiger partial charge in [0, 0.05) is 6.20 Å². The van der Waals surface area contributed by atoms with Crippen molar-refractivity contribution in [3.8, 4) is 0 Å². The van der Waals surface area contributed by atoms with E-state index in [0.29, 0.717) is 0 Å². The maximum Gasteiger partial charge on any atom is 0.0616 e. The number of H-pyrrole nitrogens is 1. The first-order valence-corrected chi connectivity index (χ1v) is 2.83. The Kier molecular flexibility index (Phi) is 0.757. The molecule has 0 amide bonds. The Hall–Kier alpha value is -1.42. The molecule has 1 N–H and O–H groups in total. The summed E-state index contributed by atoms with van der Waals surface area (Å²) in [5, 5.41) is 1.09. The van der Waals surface area contributed by atoms with Crippen molar-refractivity contribution in [2.45, 2.75) is 0 Å². The van der Waals surface area contributed by atoms with E-state index in [1.165, 1.54) is 0 Å². The maximum atomic E-state index is 2.94. The molecule has 0 saturated carbocycles. The first-order chi connectivity index (χ1) is 4.47. The molecule has 0 atom stereocenters. The minimum absolute atomic E-state index is 1.09. The highest BCUT2D eigenvalue weighted by Gasteiger charge is 1.85. The molecule has 1 aromatic carbocycles. The van der Waals surface area contributed by atoms with Crippen LogP contribution in [-0.2, 0) is 0 Å².